The Balaban J connectivity index is 1.50. The number of hydrogen-bond donors (Lipinski definition) is 0. The molecule has 2 aromatic rings. The molecule has 1 aliphatic rings. The average Bonchev–Trinajstić information content (AvgIpc) is 2.73. The van der Waals surface area contributed by atoms with Crippen molar-refractivity contribution >= 4 is 5.91 Å². The third kappa shape index (κ3) is 4.82. The molecule has 0 aromatic heterocycles. The molecule has 4 nitrogen and oxygen atoms in total. The van der Waals surface area contributed by atoms with E-state index in [1.165, 1.54) is 12.0 Å². The molecule has 0 spiro atoms. The molecule has 0 aliphatic carbocycles. The Labute approximate surface area is 162 Å². The van der Waals surface area contributed by atoms with E-state index in [0.29, 0.717) is 11.5 Å². The Morgan fingerprint density at radius 1 is 1.04 bits per heavy atom. The lowest BCUT2D eigenvalue weighted by Gasteiger charge is -2.32. The van der Waals surface area contributed by atoms with Crippen LogP contribution < -0.4 is 9.47 Å². The highest BCUT2D eigenvalue weighted by atomic mass is 16.5. The first kappa shape index (κ1) is 19.3. The first-order valence-electron chi connectivity index (χ1n) is 9.67. The Hall–Kier alpha value is -2.49. The van der Waals surface area contributed by atoms with Crippen molar-refractivity contribution in [1.29, 1.82) is 0 Å². The lowest BCUT2D eigenvalue weighted by atomic mass is 9.90. The van der Waals surface area contributed by atoms with Gasteiger partial charge in [0.25, 0.3) is 5.91 Å². The van der Waals surface area contributed by atoms with Gasteiger partial charge in [0.15, 0.2) is 0 Å². The summed E-state index contributed by atoms with van der Waals surface area (Å²) in [5, 5.41) is 0. The number of hydrogen-bond acceptors (Lipinski definition) is 3. The van der Waals surface area contributed by atoms with Gasteiger partial charge < -0.3 is 14.4 Å². The summed E-state index contributed by atoms with van der Waals surface area (Å²) in [4.78, 5) is 14.8. The largest absolute Gasteiger partial charge is 0.497 e. The van der Waals surface area contributed by atoms with Crippen LogP contribution in [-0.4, -0.2) is 38.1 Å². The van der Waals surface area contributed by atoms with Crippen molar-refractivity contribution in [1.82, 2.24) is 4.90 Å². The van der Waals surface area contributed by atoms with Crippen LogP contribution in [0.15, 0.2) is 42.5 Å². The summed E-state index contributed by atoms with van der Waals surface area (Å²) >= 11 is 0. The molecule has 3 rings (SSSR count). The fourth-order valence-corrected chi connectivity index (χ4v) is 3.72. The number of carbonyl (C=O) groups is 1. The molecule has 0 saturated carbocycles. The molecule has 0 atom stereocenters. The van der Waals surface area contributed by atoms with Crippen molar-refractivity contribution < 1.29 is 14.3 Å². The molecular formula is C23H29NO3. The number of nitrogens with zero attached hydrogens (tertiary/aromatic N) is 1. The number of ether oxygens (including phenoxy) is 2. The minimum Gasteiger partial charge on any atom is -0.497 e. The van der Waals surface area contributed by atoms with E-state index in [1.807, 2.05) is 42.2 Å². The van der Waals surface area contributed by atoms with Gasteiger partial charge in [-0.2, -0.15) is 0 Å². The van der Waals surface area contributed by atoms with Gasteiger partial charge in [-0.05, 0) is 73.9 Å². The van der Waals surface area contributed by atoms with Crippen molar-refractivity contribution in [2.75, 3.05) is 27.3 Å². The topological polar surface area (TPSA) is 38.8 Å². The van der Waals surface area contributed by atoms with E-state index in [9.17, 15) is 4.79 Å². The predicted molar refractivity (Wildman–Crippen MR) is 108 cm³/mol. The lowest BCUT2D eigenvalue weighted by Crippen LogP contribution is -2.38. The number of amides is 1. The third-order valence-corrected chi connectivity index (χ3v) is 5.56. The summed E-state index contributed by atoms with van der Waals surface area (Å²) in [6.45, 7) is 3.66. The highest BCUT2D eigenvalue weighted by molar-refractivity contribution is 5.94. The van der Waals surface area contributed by atoms with Crippen LogP contribution in [0.5, 0.6) is 11.5 Å². The molecule has 0 bridgehead atoms. The molecule has 0 radical (unpaired) electrons. The van der Waals surface area contributed by atoms with Crippen LogP contribution in [-0.2, 0) is 6.42 Å². The summed E-state index contributed by atoms with van der Waals surface area (Å²) in [5.41, 5.74) is 3.11. The van der Waals surface area contributed by atoms with E-state index in [1.54, 1.807) is 14.2 Å². The number of piperidine rings is 1. The number of aryl methyl sites for hydroxylation is 2. The van der Waals surface area contributed by atoms with E-state index in [-0.39, 0.29) is 5.91 Å². The monoisotopic (exact) mass is 367 g/mol. The van der Waals surface area contributed by atoms with Crippen LogP contribution in [0, 0.1) is 12.8 Å². The molecule has 0 unspecified atom stereocenters. The summed E-state index contributed by atoms with van der Waals surface area (Å²) < 4.78 is 10.6. The minimum atomic E-state index is 0.113. The van der Waals surface area contributed by atoms with Crippen LogP contribution in [0.25, 0.3) is 0 Å². The van der Waals surface area contributed by atoms with Crippen molar-refractivity contribution in [2.45, 2.75) is 32.6 Å². The molecule has 1 amide bonds. The minimum absolute atomic E-state index is 0.113. The first-order valence-corrected chi connectivity index (χ1v) is 9.67. The molecule has 1 fully saturated rings. The van der Waals surface area contributed by atoms with Crippen LogP contribution >= 0.6 is 0 Å². The van der Waals surface area contributed by atoms with Gasteiger partial charge in [-0.15, -0.1) is 0 Å². The van der Waals surface area contributed by atoms with Crippen LogP contribution in [0.1, 0.15) is 40.7 Å². The zero-order valence-corrected chi connectivity index (χ0v) is 16.5. The predicted octanol–water partition coefficient (Wildman–Crippen LogP) is 4.50. The summed E-state index contributed by atoms with van der Waals surface area (Å²) in [5.74, 6) is 2.47. The zero-order valence-electron chi connectivity index (χ0n) is 16.5. The number of carbonyl (C=O) groups excluding carboxylic acids is 1. The van der Waals surface area contributed by atoms with Crippen molar-refractivity contribution in [2.24, 2.45) is 5.92 Å². The fourth-order valence-electron chi connectivity index (χ4n) is 3.72. The molecule has 4 heteroatoms. The third-order valence-electron chi connectivity index (χ3n) is 5.56. The summed E-state index contributed by atoms with van der Waals surface area (Å²) in [7, 11) is 3.33. The standard InChI is InChI=1S/C23H29NO3/c1-17-4-9-20(16-22(17)27-3)23(25)24-14-12-19(13-15-24)6-5-18-7-10-21(26-2)11-8-18/h4,7-11,16,19H,5-6,12-15H2,1-3H3. The normalized spacial score (nSPS) is 14.9. The maximum Gasteiger partial charge on any atom is 0.253 e. The second-order valence-electron chi connectivity index (χ2n) is 7.31. The van der Waals surface area contributed by atoms with E-state index in [2.05, 4.69) is 12.1 Å². The average molecular weight is 367 g/mol. The van der Waals surface area contributed by atoms with E-state index in [4.69, 9.17) is 9.47 Å². The van der Waals surface area contributed by atoms with Crippen LogP contribution in [0.3, 0.4) is 0 Å². The Morgan fingerprint density at radius 3 is 2.37 bits per heavy atom. The zero-order chi connectivity index (χ0) is 19.2. The molecule has 0 N–H and O–H groups in total. The fraction of sp³-hybridized carbons (Fsp3) is 0.435. The number of benzene rings is 2. The van der Waals surface area contributed by atoms with Crippen molar-refractivity contribution in [3.63, 3.8) is 0 Å². The molecule has 1 saturated heterocycles. The molecule has 1 aliphatic heterocycles. The number of rotatable bonds is 6. The second-order valence-corrected chi connectivity index (χ2v) is 7.31. The number of likely N-dealkylation sites (tertiary alicyclic amines) is 1. The van der Waals surface area contributed by atoms with E-state index >= 15 is 0 Å². The molecule has 2 aromatic carbocycles. The van der Waals surface area contributed by atoms with Gasteiger partial charge in [0, 0.05) is 18.7 Å². The second kappa shape index (κ2) is 8.94. The van der Waals surface area contributed by atoms with E-state index < -0.39 is 0 Å². The van der Waals surface area contributed by atoms with Crippen LogP contribution in [0.4, 0.5) is 0 Å². The van der Waals surface area contributed by atoms with E-state index in [0.717, 1.165) is 49.4 Å². The van der Waals surface area contributed by atoms with Gasteiger partial charge >= 0.3 is 0 Å². The maximum atomic E-state index is 12.8. The van der Waals surface area contributed by atoms with Crippen LogP contribution in [0.2, 0.25) is 0 Å². The van der Waals surface area contributed by atoms with Gasteiger partial charge in [-0.3, -0.25) is 4.79 Å². The SMILES string of the molecule is COc1ccc(CCC2CCN(C(=O)c3ccc(C)c(OC)c3)CC2)cc1. The molecular weight excluding hydrogens is 338 g/mol. The lowest BCUT2D eigenvalue weighted by molar-refractivity contribution is 0.0686. The number of methoxy groups -OCH3 is 2. The maximum absolute atomic E-state index is 12.8. The molecule has 27 heavy (non-hydrogen) atoms. The van der Waals surface area contributed by atoms with Crippen molar-refractivity contribution in [3.05, 3.63) is 59.2 Å². The summed E-state index contributed by atoms with van der Waals surface area (Å²) in [6.07, 6.45) is 4.40. The van der Waals surface area contributed by atoms with Gasteiger partial charge in [0.2, 0.25) is 0 Å². The van der Waals surface area contributed by atoms with Gasteiger partial charge in [-0.25, -0.2) is 0 Å². The Morgan fingerprint density at radius 2 is 1.74 bits per heavy atom. The summed E-state index contributed by atoms with van der Waals surface area (Å²) in [6, 6.07) is 14.0. The molecule has 144 valence electrons. The Kier molecular flexibility index (Phi) is 6.38. The smallest absolute Gasteiger partial charge is 0.253 e. The highest BCUT2D eigenvalue weighted by Gasteiger charge is 2.24. The highest BCUT2D eigenvalue weighted by Crippen LogP contribution is 2.25. The van der Waals surface area contributed by atoms with Gasteiger partial charge in [0.05, 0.1) is 14.2 Å². The quantitative estimate of drug-likeness (QED) is 0.755. The first-order chi connectivity index (χ1) is 13.1. The van der Waals surface area contributed by atoms with Crippen molar-refractivity contribution in [3.8, 4) is 11.5 Å². The van der Waals surface area contributed by atoms with Gasteiger partial charge in [-0.1, -0.05) is 18.2 Å². The Bertz CT molecular complexity index is 762. The van der Waals surface area contributed by atoms with Gasteiger partial charge in [0.1, 0.15) is 11.5 Å². The molecule has 1 heterocycles.